The molecule has 474 valence electrons. The third-order valence-electron chi connectivity index (χ3n) is 20.7. The van der Waals surface area contributed by atoms with Crippen LogP contribution in [0.3, 0.4) is 0 Å². The molecule has 0 spiro atoms. The second kappa shape index (κ2) is 41.1. The monoisotopic (exact) mass is 1250 g/mol. The molecule has 1 atom stereocenters. The minimum atomic E-state index is -1.83. The lowest BCUT2D eigenvalue weighted by Gasteiger charge is -2.45. The fourth-order valence-electron chi connectivity index (χ4n) is 14.8. The van der Waals surface area contributed by atoms with Crippen molar-refractivity contribution in [1.29, 1.82) is 0 Å². The van der Waals surface area contributed by atoms with Gasteiger partial charge in [-0.1, -0.05) is 441 Å². The molecule has 4 aromatic rings. The number of unbranched alkanes of at least 4 members (excludes halogenated alkanes) is 12. The molecule has 4 rings (SSSR count). The third kappa shape index (κ3) is 21.3. The highest BCUT2D eigenvalue weighted by atomic mass is 31.2. The fraction of sp³-hybridized carbons (Fsp3) is 0.688. The van der Waals surface area contributed by atoms with E-state index in [0.717, 1.165) is 0 Å². The standard InChI is InChI=1S/C77H135NP2Si4/c1-16-28-54-81(55-29-17-2,56-30-18-3)74-50-46-70(47-51-74)79(71-48-52-75(53-49-71)82(57-31-19-4,58-32-20-5)59-33-21-6)78(69(15)68(13)14)80(72-42-40-44-76(66-72)83(60-34-22-7,61-35-23-8)62-36-24-9)73-43-41-45-77(67-73)84(63-37-25-10,64-38-26-11)65-39-27-12/h40-53,66-69H,16-39,54-65H2,1-15H3. The van der Waals surface area contributed by atoms with Crippen molar-refractivity contribution < 1.29 is 0 Å². The first-order chi connectivity index (χ1) is 40.8. The van der Waals surface area contributed by atoms with Gasteiger partial charge in [-0.3, -0.25) is 0 Å². The Kier molecular flexibility index (Phi) is 36.7. The van der Waals surface area contributed by atoms with Crippen LogP contribution in [0.15, 0.2) is 97.1 Å². The summed E-state index contributed by atoms with van der Waals surface area (Å²) in [4.78, 5) is 0. The molecule has 0 N–H and O–H groups in total. The van der Waals surface area contributed by atoms with Crippen LogP contribution < -0.4 is 42.0 Å². The molecule has 0 aliphatic carbocycles. The number of rotatable bonds is 48. The van der Waals surface area contributed by atoms with E-state index in [1.54, 1.807) is 42.0 Å². The first-order valence-electron chi connectivity index (χ1n) is 36.6. The molecule has 0 fully saturated rings. The number of hydrogen-bond acceptors (Lipinski definition) is 1. The summed E-state index contributed by atoms with van der Waals surface area (Å²) in [5.41, 5.74) is 0. The molecular formula is C77H135NP2Si4. The Balaban J connectivity index is 2.30. The van der Waals surface area contributed by atoms with Crippen LogP contribution in [-0.4, -0.2) is 42.8 Å². The van der Waals surface area contributed by atoms with Crippen LogP contribution in [0.5, 0.6) is 0 Å². The van der Waals surface area contributed by atoms with E-state index in [2.05, 4.69) is 205 Å². The van der Waals surface area contributed by atoms with Crippen LogP contribution in [0, 0.1) is 5.92 Å². The molecule has 1 unspecified atom stereocenters. The molecule has 0 heterocycles. The van der Waals surface area contributed by atoms with Gasteiger partial charge < -0.3 is 0 Å². The van der Waals surface area contributed by atoms with E-state index in [1.807, 2.05) is 0 Å². The van der Waals surface area contributed by atoms with E-state index in [9.17, 15) is 0 Å². The molecular weight excluding hydrogens is 1110 g/mol. The average molecular weight is 1250 g/mol. The zero-order valence-corrected chi connectivity index (χ0v) is 64.0. The highest BCUT2D eigenvalue weighted by Crippen LogP contribution is 2.57. The van der Waals surface area contributed by atoms with Crippen molar-refractivity contribution in [3.05, 3.63) is 97.1 Å². The van der Waals surface area contributed by atoms with Crippen LogP contribution in [0.25, 0.3) is 0 Å². The van der Waals surface area contributed by atoms with Gasteiger partial charge in [-0.2, -0.15) is 0 Å². The first kappa shape index (κ1) is 75.0. The van der Waals surface area contributed by atoms with Gasteiger partial charge in [0.1, 0.15) is 0 Å². The molecule has 0 amide bonds. The molecule has 0 radical (unpaired) electrons. The zero-order chi connectivity index (χ0) is 61.3. The van der Waals surface area contributed by atoms with E-state index >= 15 is 0 Å². The Morgan fingerprint density at radius 1 is 0.274 bits per heavy atom. The summed E-state index contributed by atoms with van der Waals surface area (Å²) in [6.45, 7) is 37.1. The third-order valence-corrected chi connectivity index (χ3v) is 48.3. The van der Waals surface area contributed by atoms with Crippen LogP contribution in [0.1, 0.15) is 258 Å². The van der Waals surface area contributed by atoms with Gasteiger partial charge in [0.2, 0.25) is 0 Å². The van der Waals surface area contributed by atoms with Gasteiger partial charge in [0.15, 0.2) is 0 Å². The topological polar surface area (TPSA) is 3.24 Å². The van der Waals surface area contributed by atoms with E-state index < -0.39 is 48.4 Å². The first-order valence-corrected chi connectivity index (χ1v) is 49.7. The molecule has 1 nitrogen and oxygen atoms in total. The van der Waals surface area contributed by atoms with Crippen LogP contribution in [0.4, 0.5) is 0 Å². The second-order valence-electron chi connectivity index (χ2n) is 27.5. The summed E-state index contributed by atoms with van der Waals surface area (Å²) in [7, 11) is -9.03. The maximum atomic E-state index is 3.28. The quantitative estimate of drug-likeness (QED) is 0.0315. The lowest BCUT2D eigenvalue weighted by atomic mass is 10.1. The molecule has 4 aromatic carbocycles. The SMILES string of the molecule is CCCC[Si](CCCC)(CCCC)c1ccc(P(c2ccc([Si](CCCC)(CCCC)CCCC)cc2)N(C(C)C(C)C)P(c2cccc([Si](CCCC)(CCCC)CCCC)c2)c2cccc([Si](CCCC)(CCCC)CCCC)c2)cc1. The second-order valence-corrected chi connectivity index (χ2v) is 50.5. The number of benzene rings is 4. The molecule has 84 heavy (non-hydrogen) atoms. The van der Waals surface area contributed by atoms with Crippen molar-refractivity contribution >= 4 is 90.4 Å². The smallest absolute Gasteiger partial charge is 0.0867 e. The van der Waals surface area contributed by atoms with Crippen LogP contribution >= 0.6 is 16.1 Å². The van der Waals surface area contributed by atoms with Crippen LogP contribution in [-0.2, 0) is 0 Å². The maximum Gasteiger partial charge on any atom is 0.0867 e. The molecule has 0 aromatic heterocycles. The minimum absolute atomic E-state index is 0.359. The molecule has 7 heteroatoms. The van der Waals surface area contributed by atoms with Crippen molar-refractivity contribution in [1.82, 2.24) is 4.44 Å². The minimum Gasteiger partial charge on any atom is -0.242 e. The summed E-state index contributed by atoms with van der Waals surface area (Å²) >= 11 is 0. The normalized spacial score (nSPS) is 13.1. The van der Waals surface area contributed by atoms with Gasteiger partial charge >= 0.3 is 0 Å². The number of nitrogens with zero attached hydrogens (tertiary/aromatic N) is 1. The molecule has 0 bridgehead atoms. The van der Waals surface area contributed by atoms with Gasteiger partial charge in [-0.15, -0.1) is 0 Å². The summed E-state index contributed by atoms with van der Waals surface area (Å²) in [5, 5.41) is 13.5. The van der Waals surface area contributed by atoms with Gasteiger partial charge in [0, 0.05) is 22.2 Å². The predicted molar refractivity (Wildman–Crippen MR) is 402 cm³/mol. The lowest BCUT2D eigenvalue weighted by Crippen LogP contribution is -2.50. The van der Waals surface area contributed by atoms with Crippen molar-refractivity contribution in [2.45, 2.75) is 337 Å². The van der Waals surface area contributed by atoms with E-state index in [4.69, 9.17) is 0 Å². The predicted octanol–water partition coefficient (Wildman–Crippen LogP) is 22.7. The summed E-state index contributed by atoms with van der Waals surface area (Å²) < 4.78 is 3.28. The highest BCUT2D eigenvalue weighted by Gasteiger charge is 2.42. The Morgan fingerprint density at radius 3 is 0.702 bits per heavy atom. The Hall–Kier alpha value is -1.43. The fourth-order valence-corrected chi connectivity index (χ4v) is 44.0. The molecule has 0 aliphatic heterocycles. The van der Waals surface area contributed by atoms with Crippen LogP contribution in [0.2, 0.25) is 72.5 Å². The highest BCUT2D eigenvalue weighted by molar-refractivity contribution is 7.84. The van der Waals surface area contributed by atoms with Gasteiger partial charge in [-0.05, 0) is 34.1 Å². The Labute approximate surface area is 530 Å². The molecule has 0 saturated heterocycles. The van der Waals surface area contributed by atoms with Crippen molar-refractivity contribution in [3.63, 3.8) is 0 Å². The zero-order valence-electron chi connectivity index (χ0n) is 58.2. The Morgan fingerprint density at radius 2 is 0.488 bits per heavy atom. The van der Waals surface area contributed by atoms with E-state index in [0.29, 0.717) is 12.0 Å². The summed E-state index contributed by atoms with van der Waals surface area (Å²) in [6, 6.07) is 61.5. The van der Waals surface area contributed by atoms with Gasteiger partial charge in [-0.25, -0.2) is 4.44 Å². The van der Waals surface area contributed by atoms with Crippen molar-refractivity contribution in [2.75, 3.05) is 0 Å². The molecule has 0 aliphatic rings. The largest absolute Gasteiger partial charge is 0.242 e. The Bertz CT molecular complexity index is 2080. The van der Waals surface area contributed by atoms with Crippen molar-refractivity contribution in [3.8, 4) is 0 Å². The summed E-state index contributed by atoms with van der Waals surface area (Å²) in [5.74, 6) is 0.485. The molecule has 0 saturated carbocycles. The van der Waals surface area contributed by atoms with E-state index in [-0.39, 0.29) is 0 Å². The summed E-state index contributed by atoms with van der Waals surface area (Å²) in [6.07, 6.45) is 32.1. The maximum absolute atomic E-state index is 3.28. The number of hydrogen-bond donors (Lipinski definition) is 0. The van der Waals surface area contributed by atoms with E-state index in [1.165, 1.54) is 227 Å². The van der Waals surface area contributed by atoms with Crippen molar-refractivity contribution in [2.24, 2.45) is 5.92 Å². The average Bonchev–Trinajstić information content (AvgIpc) is 3.68. The van der Waals surface area contributed by atoms with Gasteiger partial charge in [0.25, 0.3) is 0 Å². The lowest BCUT2D eigenvalue weighted by molar-refractivity contribution is 0.407. The van der Waals surface area contributed by atoms with Gasteiger partial charge in [0.05, 0.1) is 32.3 Å².